The molecule has 22 heavy (non-hydrogen) atoms. The number of benzene rings is 1. The molecule has 1 aromatic carbocycles. The Bertz CT molecular complexity index is 877. The maximum atomic E-state index is 12.8. The molecule has 8 heteroatoms. The highest BCUT2D eigenvalue weighted by molar-refractivity contribution is 5.96. The Labute approximate surface area is 122 Å². The summed E-state index contributed by atoms with van der Waals surface area (Å²) < 4.78 is 39.6. The van der Waals surface area contributed by atoms with Crippen LogP contribution in [0.15, 0.2) is 30.5 Å². The van der Waals surface area contributed by atoms with Crippen LogP contribution in [0.25, 0.3) is 22.2 Å². The fourth-order valence-electron chi connectivity index (χ4n) is 2.31. The van der Waals surface area contributed by atoms with Crippen molar-refractivity contribution in [1.29, 1.82) is 0 Å². The van der Waals surface area contributed by atoms with Gasteiger partial charge < -0.3 is 10.1 Å². The van der Waals surface area contributed by atoms with E-state index in [4.69, 9.17) is 5.11 Å². The molecule has 0 fully saturated rings. The van der Waals surface area contributed by atoms with Gasteiger partial charge in [0, 0.05) is 29.7 Å². The standard InChI is InChI=1S/C14H10F3N3O2/c1-20-12(13(21)22)5-11(19-20)9-6-18-10-3-2-7(4-8(9)10)14(15,16)17/h2-6,18H,1H3,(H,21,22). The van der Waals surface area contributed by atoms with Gasteiger partial charge in [-0.3, -0.25) is 4.68 Å². The minimum absolute atomic E-state index is 0.0451. The normalized spacial score (nSPS) is 12.0. The van der Waals surface area contributed by atoms with Gasteiger partial charge in [0.15, 0.2) is 0 Å². The maximum absolute atomic E-state index is 12.8. The zero-order valence-electron chi connectivity index (χ0n) is 11.3. The number of carbonyl (C=O) groups is 1. The van der Waals surface area contributed by atoms with E-state index in [1.807, 2.05) is 0 Å². The van der Waals surface area contributed by atoms with Crippen LogP contribution >= 0.6 is 0 Å². The lowest BCUT2D eigenvalue weighted by atomic mass is 10.1. The summed E-state index contributed by atoms with van der Waals surface area (Å²) in [6.45, 7) is 0. The third kappa shape index (κ3) is 2.22. The molecule has 0 bridgehead atoms. The van der Waals surface area contributed by atoms with E-state index in [1.54, 1.807) is 0 Å². The van der Waals surface area contributed by atoms with Crippen LogP contribution in [-0.2, 0) is 13.2 Å². The van der Waals surface area contributed by atoms with Crippen molar-refractivity contribution in [2.45, 2.75) is 6.18 Å². The van der Waals surface area contributed by atoms with Gasteiger partial charge in [0.2, 0.25) is 0 Å². The highest BCUT2D eigenvalue weighted by Gasteiger charge is 2.31. The van der Waals surface area contributed by atoms with Crippen LogP contribution in [-0.4, -0.2) is 25.8 Å². The third-order valence-corrected chi connectivity index (χ3v) is 3.38. The van der Waals surface area contributed by atoms with Crippen LogP contribution in [0.5, 0.6) is 0 Å². The van der Waals surface area contributed by atoms with E-state index < -0.39 is 17.7 Å². The Morgan fingerprint density at radius 3 is 2.64 bits per heavy atom. The number of aromatic carboxylic acids is 1. The monoisotopic (exact) mass is 309 g/mol. The summed E-state index contributed by atoms with van der Waals surface area (Å²) in [6, 6.07) is 4.67. The van der Waals surface area contributed by atoms with Crippen LogP contribution in [0.4, 0.5) is 13.2 Å². The number of fused-ring (bicyclic) bond motifs is 1. The molecule has 2 N–H and O–H groups in total. The van der Waals surface area contributed by atoms with E-state index in [0.29, 0.717) is 22.2 Å². The lowest BCUT2D eigenvalue weighted by Gasteiger charge is -2.06. The summed E-state index contributed by atoms with van der Waals surface area (Å²) in [7, 11) is 1.46. The number of H-pyrrole nitrogens is 1. The number of hydrogen-bond donors (Lipinski definition) is 2. The maximum Gasteiger partial charge on any atom is 0.416 e. The summed E-state index contributed by atoms with van der Waals surface area (Å²) in [5.41, 5.74) is 0.423. The molecule has 3 rings (SSSR count). The molecule has 0 saturated carbocycles. The van der Waals surface area contributed by atoms with Crippen molar-refractivity contribution >= 4 is 16.9 Å². The predicted octanol–water partition coefficient (Wildman–Crippen LogP) is 3.29. The van der Waals surface area contributed by atoms with Crippen molar-refractivity contribution < 1.29 is 23.1 Å². The van der Waals surface area contributed by atoms with Crippen molar-refractivity contribution in [1.82, 2.24) is 14.8 Å². The summed E-state index contributed by atoms with van der Waals surface area (Å²) in [4.78, 5) is 13.9. The molecule has 0 saturated heterocycles. The van der Waals surface area contributed by atoms with Gasteiger partial charge in [0.1, 0.15) is 5.69 Å². The van der Waals surface area contributed by atoms with Gasteiger partial charge in [-0.05, 0) is 24.3 Å². The number of carboxylic acid groups (broad SMARTS) is 1. The van der Waals surface area contributed by atoms with Crippen LogP contribution < -0.4 is 0 Å². The van der Waals surface area contributed by atoms with Crippen molar-refractivity contribution in [3.8, 4) is 11.3 Å². The third-order valence-electron chi connectivity index (χ3n) is 3.38. The van der Waals surface area contributed by atoms with E-state index in [0.717, 1.165) is 12.1 Å². The van der Waals surface area contributed by atoms with Crippen molar-refractivity contribution in [3.05, 3.63) is 41.7 Å². The summed E-state index contributed by atoms with van der Waals surface area (Å²) in [5, 5.41) is 13.4. The molecule has 0 aliphatic carbocycles. The van der Waals surface area contributed by atoms with E-state index in [-0.39, 0.29) is 5.69 Å². The van der Waals surface area contributed by atoms with Crippen molar-refractivity contribution in [3.63, 3.8) is 0 Å². The molecule has 5 nitrogen and oxygen atoms in total. The van der Waals surface area contributed by atoms with Gasteiger partial charge in [0.05, 0.1) is 11.3 Å². The van der Waals surface area contributed by atoms with Gasteiger partial charge in [0.25, 0.3) is 0 Å². The second-order valence-electron chi connectivity index (χ2n) is 4.80. The van der Waals surface area contributed by atoms with Gasteiger partial charge in [-0.2, -0.15) is 18.3 Å². The highest BCUT2D eigenvalue weighted by atomic mass is 19.4. The number of aromatic amines is 1. The zero-order valence-corrected chi connectivity index (χ0v) is 11.3. The molecule has 0 amide bonds. The Balaban J connectivity index is 2.19. The molecule has 0 spiro atoms. The number of aromatic nitrogens is 3. The molecule has 3 aromatic rings. The van der Waals surface area contributed by atoms with E-state index in [9.17, 15) is 18.0 Å². The molecule has 2 aromatic heterocycles. The Morgan fingerprint density at radius 2 is 2.05 bits per heavy atom. The predicted molar refractivity (Wildman–Crippen MR) is 72.5 cm³/mol. The summed E-state index contributed by atoms with van der Waals surface area (Å²) in [5.74, 6) is -1.16. The van der Waals surface area contributed by atoms with Crippen LogP contribution in [0, 0.1) is 0 Å². The van der Waals surface area contributed by atoms with Gasteiger partial charge in [-0.25, -0.2) is 4.79 Å². The van der Waals surface area contributed by atoms with Gasteiger partial charge in [-0.15, -0.1) is 0 Å². The van der Waals surface area contributed by atoms with Crippen LogP contribution in [0.3, 0.4) is 0 Å². The SMILES string of the molecule is Cn1nc(-c2c[nH]c3ccc(C(F)(F)F)cc23)cc1C(=O)O. The Morgan fingerprint density at radius 1 is 1.32 bits per heavy atom. The Hall–Kier alpha value is -2.77. The van der Waals surface area contributed by atoms with Crippen molar-refractivity contribution in [2.24, 2.45) is 7.05 Å². The van der Waals surface area contributed by atoms with E-state index in [1.165, 1.54) is 30.1 Å². The number of nitrogens with one attached hydrogen (secondary N) is 1. The topological polar surface area (TPSA) is 70.9 Å². The first-order valence-electron chi connectivity index (χ1n) is 6.23. The average Bonchev–Trinajstić information content (AvgIpc) is 2.99. The second kappa shape index (κ2) is 4.62. The number of carboxylic acids is 1. The lowest BCUT2D eigenvalue weighted by Crippen LogP contribution is -2.04. The minimum atomic E-state index is -4.45. The average molecular weight is 309 g/mol. The fraction of sp³-hybridized carbons (Fsp3) is 0.143. The molecule has 0 unspecified atom stereocenters. The zero-order chi connectivity index (χ0) is 16.1. The van der Waals surface area contributed by atoms with Crippen LogP contribution in [0.2, 0.25) is 0 Å². The largest absolute Gasteiger partial charge is 0.477 e. The van der Waals surface area contributed by atoms with E-state index >= 15 is 0 Å². The number of alkyl halides is 3. The number of hydrogen-bond acceptors (Lipinski definition) is 2. The molecule has 2 heterocycles. The first-order valence-corrected chi connectivity index (χ1v) is 6.23. The van der Waals surface area contributed by atoms with Gasteiger partial charge in [-0.1, -0.05) is 0 Å². The molecule has 0 radical (unpaired) electrons. The summed E-state index contributed by atoms with van der Waals surface area (Å²) >= 11 is 0. The number of aryl methyl sites for hydroxylation is 1. The molecule has 0 aliphatic heterocycles. The van der Waals surface area contributed by atoms with E-state index in [2.05, 4.69) is 10.1 Å². The second-order valence-corrected chi connectivity index (χ2v) is 4.80. The van der Waals surface area contributed by atoms with Gasteiger partial charge >= 0.3 is 12.1 Å². The number of rotatable bonds is 2. The van der Waals surface area contributed by atoms with Crippen LogP contribution in [0.1, 0.15) is 16.1 Å². The summed E-state index contributed by atoms with van der Waals surface area (Å²) in [6.07, 6.45) is -2.93. The fourth-order valence-corrected chi connectivity index (χ4v) is 2.31. The number of halogens is 3. The van der Waals surface area contributed by atoms with Crippen molar-refractivity contribution in [2.75, 3.05) is 0 Å². The molecule has 0 aliphatic rings. The highest BCUT2D eigenvalue weighted by Crippen LogP contribution is 2.34. The minimum Gasteiger partial charge on any atom is -0.477 e. The Kier molecular flexibility index (Phi) is 2.98. The quantitative estimate of drug-likeness (QED) is 0.763. The first-order chi connectivity index (χ1) is 10.3. The molecule has 114 valence electrons. The molecular weight excluding hydrogens is 299 g/mol. The number of nitrogens with zero attached hydrogens (tertiary/aromatic N) is 2. The molecular formula is C14H10F3N3O2. The first kappa shape index (κ1) is 14.2. The smallest absolute Gasteiger partial charge is 0.416 e. The molecule has 0 atom stereocenters. The lowest BCUT2D eigenvalue weighted by molar-refractivity contribution is -0.137.